The molecule has 0 rings (SSSR count). The molecule has 0 bridgehead atoms. The van der Waals surface area contributed by atoms with E-state index in [4.69, 9.17) is 0 Å². The Morgan fingerprint density at radius 3 is 2.05 bits per heavy atom. The van der Waals surface area contributed by atoms with Crippen molar-refractivity contribution in [1.29, 1.82) is 0 Å². The van der Waals surface area contributed by atoms with E-state index in [-0.39, 0.29) is 0 Å². The van der Waals surface area contributed by atoms with E-state index in [2.05, 4.69) is 44.6 Å². The zero-order chi connectivity index (χ0) is 14.8. The van der Waals surface area contributed by atoms with Crippen LogP contribution in [0.5, 0.6) is 0 Å². The molecule has 0 atom stereocenters. The Morgan fingerprint density at radius 2 is 1.68 bits per heavy atom. The highest BCUT2D eigenvalue weighted by Crippen LogP contribution is 2.22. The van der Waals surface area contributed by atoms with Gasteiger partial charge in [0.1, 0.15) is 0 Å². The summed E-state index contributed by atoms with van der Waals surface area (Å²) < 4.78 is 0. The predicted molar refractivity (Wildman–Crippen MR) is 87.7 cm³/mol. The number of rotatable bonds is 7. The maximum Gasteiger partial charge on any atom is 0.0477 e. The first-order chi connectivity index (χ1) is 9.03. The van der Waals surface area contributed by atoms with Crippen molar-refractivity contribution in [3.8, 4) is 0 Å². The second-order valence-electron chi connectivity index (χ2n) is 4.27. The van der Waals surface area contributed by atoms with Crippen LogP contribution in [-0.4, -0.2) is 11.9 Å². The summed E-state index contributed by atoms with van der Waals surface area (Å²) in [5.41, 5.74) is 4.51. The zero-order valence-corrected chi connectivity index (χ0v) is 12.6. The maximum atomic E-state index is 3.86. The molecule has 0 unspecified atom stereocenters. The van der Waals surface area contributed by atoms with E-state index < -0.39 is 0 Å². The lowest BCUT2D eigenvalue weighted by molar-refractivity contribution is 0.541. The summed E-state index contributed by atoms with van der Waals surface area (Å²) in [5.74, 6) is 0. The minimum absolute atomic E-state index is 1.07. The Morgan fingerprint density at radius 1 is 1.05 bits per heavy atom. The van der Waals surface area contributed by atoms with Gasteiger partial charge in [-0.25, -0.2) is 0 Å². The van der Waals surface area contributed by atoms with Gasteiger partial charge in [0.15, 0.2) is 0 Å². The van der Waals surface area contributed by atoms with Crippen LogP contribution in [0.3, 0.4) is 0 Å². The van der Waals surface area contributed by atoms with Crippen LogP contribution in [0.25, 0.3) is 0 Å². The van der Waals surface area contributed by atoms with E-state index in [0.29, 0.717) is 0 Å². The van der Waals surface area contributed by atoms with Crippen molar-refractivity contribution in [3.05, 3.63) is 84.8 Å². The highest BCUT2D eigenvalue weighted by molar-refractivity contribution is 5.43. The van der Waals surface area contributed by atoms with Gasteiger partial charge in [-0.3, -0.25) is 0 Å². The molecule has 0 heterocycles. The molecule has 0 aromatic rings. The standard InChI is InChI=1S/C18H25N/c1-8-12-14-17(15(5)6)19(7)18(13-9-2)16(10-3)11-4/h8-14H,1-3H2,4-7H3/b14-12-,16-11-,18-13+. The van der Waals surface area contributed by atoms with E-state index >= 15 is 0 Å². The van der Waals surface area contributed by atoms with Crippen molar-refractivity contribution in [3.63, 3.8) is 0 Å². The first kappa shape index (κ1) is 17.0. The van der Waals surface area contributed by atoms with Crippen molar-refractivity contribution in [1.82, 2.24) is 4.90 Å². The molecular formula is C18H25N. The Balaban J connectivity index is 5.71. The summed E-state index contributed by atoms with van der Waals surface area (Å²) in [4.78, 5) is 2.13. The summed E-state index contributed by atoms with van der Waals surface area (Å²) in [6, 6.07) is 0. The minimum Gasteiger partial charge on any atom is -0.344 e. The number of hydrogen-bond donors (Lipinski definition) is 0. The fourth-order valence-corrected chi connectivity index (χ4v) is 1.79. The molecule has 0 spiro atoms. The molecule has 0 saturated carbocycles. The second kappa shape index (κ2) is 8.98. The van der Waals surface area contributed by atoms with Crippen molar-refractivity contribution in [2.24, 2.45) is 0 Å². The van der Waals surface area contributed by atoms with Crippen LogP contribution in [0.4, 0.5) is 0 Å². The molecule has 0 radical (unpaired) electrons. The lowest BCUT2D eigenvalue weighted by atomic mass is 10.1. The SMILES string of the molecule is C=C/C=C\C(=C(C)C)N(C)C(=C/C=C)/C(C=C)=C\C. The highest BCUT2D eigenvalue weighted by Gasteiger charge is 2.10. The molecule has 0 aliphatic heterocycles. The normalized spacial score (nSPS) is 12.2. The lowest BCUT2D eigenvalue weighted by Crippen LogP contribution is -2.18. The first-order valence-corrected chi connectivity index (χ1v) is 6.35. The molecular weight excluding hydrogens is 230 g/mol. The monoisotopic (exact) mass is 255 g/mol. The van der Waals surface area contributed by atoms with Crippen molar-refractivity contribution < 1.29 is 0 Å². The Hall–Kier alpha value is -2.02. The maximum absolute atomic E-state index is 3.86. The number of nitrogens with zero attached hydrogens (tertiary/aromatic N) is 1. The molecule has 0 saturated heterocycles. The van der Waals surface area contributed by atoms with Gasteiger partial charge < -0.3 is 4.90 Å². The third kappa shape index (κ3) is 5.01. The average Bonchev–Trinajstić information content (AvgIpc) is 2.38. The summed E-state index contributed by atoms with van der Waals surface area (Å²) >= 11 is 0. The average molecular weight is 255 g/mol. The van der Waals surface area contributed by atoms with Gasteiger partial charge in [0.2, 0.25) is 0 Å². The van der Waals surface area contributed by atoms with Crippen LogP contribution in [0.2, 0.25) is 0 Å². The van der Waals surface area contributed by atoms with Gasteiger partial charge >= 0.3 is 0 Å². The van der Waals surface area contributed by atoms with Crippen LogP contribution < -0.4 is 0 Å². The van der Waals surface area contributed by atoms with Gasteiger partial charge in [-0.2, -0.15) is 0 Å². The van der Waals surface area contributed by atoms with Crippen LogP contribution >= 0.6 is 0 Å². The van der Waals surface area contributed by atoms with Gasteiger partial charge in [-0.05, 0) is 38.5 Å². The Kier molecular flexibility index (Phi) is 8.03. The third-order valence-electron chi connectivity index (χ3n) is 2.73. The molecule has 0 N–H and O–H groups in total. The van der Waals surface area contributed by atoms with Gasteiger partial charge in [0, 0.05) is 18.4 Å². The van der Waals surface area contributed by atoms with Gasteiger partial charge in [-0.1, -0.05) is 55.7 Å². The molecule has 0 aromatic heterocycles. The summed E-state index contributed by atoms with van der Waals surface area (Å²) in [6.07, 6.45) is 13.4. The van der Waals surface area contributed by atoms with E-state index in [9.17, 15) is 0 Å². The highest BCUT2D eigenvalue weighted by atomic mass is 15.1. The summed E-state index contributed by atoms with van der Waals surface area (Å²) in [5, 5.41) is 0. The van der Waals surface area contributed by atoms with Gasteiger partial charge in [0.25, 0.3) is 0 Å². The van der Waals surface area contributed by atoms with E-state index in [1.54, 1.807) is 12.2 Å². The quantitative estimate of drug-likeness (QED) is 0.568. The molecule has 0 aliphatic carbocycles. The molecule has 1 heteroatoms. The fraction of sp³-hybridized carbons (Fsp3) is 0.222. The van der Waals surface area contributed by atoms with Crippen molar-refractivity contribution in [2.75, 3.05) is 7.05 Å². The van der Waals surface area contributed by atoms with E-state index in [1.165, 1.54) is 5.57 Å². The van der Waals surface area contributed by atoms with Crippen LogP contribution in [0, 0.1) is 0 Å². The Bertz CT molecular complexity index is 452. The molecule has 0 aliphatic rings. The Labute approximate surface area is 118 Å². The van der Waals surface area contributed by atoms with Crippen LogP contribution in [0.15, 0.2) is 84.8 Å². The molecule has 0 aromatic carbocycles. The molecule has 102 valence electrons. The lowest BCUT2D eigenvalue weighted by Gasteiger charge is -2.26. The molecule has 19 heavy (non-hydrogen) atoms. The van der Waals surface area contributed by atoms with Gasteiger partial charge in [-0.15, -0.1) is 0 Å². The van der Waals surface area contributed by atoms with Gasteiger partial charge in [0.05, 0.1) is 0 Å². The summed E-state index contributed by atoms with van der Waals surface area (Å²) in [7, 11) is 2.04. The smallest absolute Gasteiger partial charge is 0.0477 e. The predicted octanol–water partition coefficient (Wildman–Crippen LogP) is 5.16. The minimum atomic E-state index is 1.07. The zero-order valence-electron chi connectivity index (χ0n) is 12.6. The molecule has 0 amide bonds. The van der Waals surface area contributed by atoms with Crippen molar-refractivity contribution >= 4 is 0 Å². The number of allylic oxidation sites excluding steroid dienone is 8. The second-order valence-corrected chi connectivity index (χ2v) is 4.27. The topological polar surface area (TPSA) is 3.24 Å². The van der Waals surface area contributed by atoms with Crippen molar-refractivity contribution in [2.45, 2.75) is 20.8 Å². The number of likely N-dealkylation sites (N-methyl/N-ethyl adjacent to an activating group) is 1. The number of hydrogen-bond acceptors (Lipinski definition) is 1. The third-order valence-corrected chi connectivity index (χ3v) is 2.73. The fourth-order valence-electron chi connectivity index (χ4n) is 1.79. The largest absolute Gasteiger partial charge is 0.344 e. The van der Waals surface area contributed by atoms with E-state index in [0.717, 1.165) is 17.0 Å². The molecule has 1 nitrogen and oxygen atoms in total. The first-order valence-electron chi connectivity index (χ1n) is 6.35. The molecule has 0 fully saturated rings. The van der Waals surface area contributed by atoms with Crippen LogP contribution in [0.1, 0.15) is 20.8 Å². The van der Waals surface area contributed by atoms with Crippen LogP contribution in [-0.2, 0) is 0 Å². The summed E-state index contributed by atoms with van der Waals surface area (Å²) in [6.45, 7) is 17.5. The van der Waals surface area contributed by atoms with E-state index in [1.807, 2.05) is 38.3 Å².